The third kappa shape index (κ3) is 2.52. The highest BCUT2D eigenvalue weighted by Crippen LogP contribution is 2.26. The third-order valence-corrected chi connectivity index (χ3v) is 5.18. The summed E-state index contributed by atoms with van der Waals surface area (Å²) in [6.07, 6.45) is 2.85. The van der Waals surface area contributed by atoms with Crippen molar-refractivity contribution in [2.24, 2.45) is 0 Å². The molecule has 100 valence electrons. The van der Waals surface area contributed by atoms with Gasteiger partial charge in [0.15, 0.2) is 0 Å². The van der Waals surface area contributed by atoms with Gasteiger partial charge in [0.2, 0.25) is 10.0 Å². The average Bonchev–Trinajstić information content (AvgIpc) is 2.82. The van der Waals surface area contributed by atoms with E-state index < -0.39 is 10.0 Å². The van der Waals surface area contributed by atoms with Crippen LogP contribution in [0.2, 0.25) is 0 Å². The van der Waals surface area contributed by atoms with Crippen LogP contribution in [0.15, 0.2) is 23.1 Å². The fraction of sp³-hybridized carbons (Fsp3) is 0.538. The maximum absolute atomic E-state index is 12.3. The minimum atomic E-state index is -3.34. The maximum Gasteiger partial charge on any atom is 0.242 e. The van der Waals surface area contributed by atoms with Crippen molar-refractivity contribution < 1.29 is 8.42 Å². The van der Waals surface area contributed by atoms with E-state index in [0.717, 1.165) is 31.5 Å². The Balaban J connectivity index is 2.24. The van der Waals surface area contributed by atoms with Gasteiger partial charge in [0.25, 0.3) is 0 Å². The summed E-state index contributed by atoms with van der Waals surface area (Å²) < 4.78 is 26.1. The molecule has 0 amide bonds. The van der Waals surface area contributed by atoms with E-state index in [4.69, 9.17) is 0 Å². The number of anilines is 1. The van der Waals surface area contributed by atoms with Crippen LogP contribution >= 0.6 is 0 Å². The molecule has 0 aromatic heterocycles. The Hall–Kier alpha value is -1.07. The van der Waals surface area contributed by atoms with Gasteiger partial charge in [-0.3, -0.25) is 0 Å². The first-order valence-corrected chi connectivity index (χ1v) is 7.83. The lowest BCUT2D eigenvalue weighted by Crippen LogP contribution is -2.27. The molecule has 0 fully saturated rings. The molecular formula is C13H20N2O2S. The molecule has 0 saturated heterocycles. The molecular weight excluding hydrogens is 248 g/mol. The van der Waals surface area contributed by atoms with Crippen LogP contribution in [0.25, 0.3) is 0 Å². The molecule has 0 radical (unpaired) electrons. The van der Waals surface area contributed by atoms with E-state index in [2.05, 4.69) is 12.2 Å². The zero-order chi connectivity index (χ0) is 13.2. The highest BCUT2D eigenvalue weighted by Gasteiger charge is 2.22. The van der Waals surface area contributed by atoms with E-state index >= 15 is 0 Å². The molecule has 1 aliphatic rings. The number of sulfonamides is 1. The fourth-order valence-corrected chi connectivity index (χ4v) is 3.35. The van der Waals surface area contributed by atoms with E-state index in [-0.39, 0.29) is 0 Å². The van der Waals surface area contributed by atoms with Crippen molar-refractivity contribution in [1.29, 1.82) is 0 Å². The molecule has 1 aliphatic heterocycles. The Morgan fingerprint density at radius 1 is 1.39 bits per heavy atom. The molecule has 1 aromatic carbocycles. The van der Waals surface area contributed by atoms with E-state index in [9.17, 15) is 8.42 Å². The second kappa shape index (κ2) is 5.28. The standard InChI is InChI=1S/C13H20N2O2S/c1-3-4-9-15(2)18(16,17)12-6-5-11-7-8-14-13(11)10-12/h5-6,10,14H,3-4,7-9H2,1-2H3. The number of rotatable bonds is 5. The summed E-state index contributed by atoms with van der Waals surface area (Å²) in [5.74, 6) is 0. The molecule has 18 heavy (non-hydrogen) atoms. The van der Waals surface area contributed by atoms with Gasteiger partial charge in [-0.2, -0.15) is 0 Å². The van der Waals surface area contributed by atoms with Crippen LogP contribution in [-0.2, 0) is 16.4 Å². The van der Waals surface area contributed by atoms with Crippen LogP contribution in [0.5, 0.6) is 0 Å². The lowest BCUT2D eigenvalue weighted by Gasteiger charge is -2.17. The molecule has 0 bridgehead atoms. The van der Waals surface area contributed by atoms with Gasteiger partial charge < -0.3 is 5.32 Å². The lowest BCUT2D eigenvalue weighted by molar-refractivity contribution is 0.459. The molecule has 5 heteroatoms. The van der Waals surface area contributed by atoms with Gasteiger partial charge >= 0.3 is 0 Å². The second-order valence-corrected chi connectivity index (χ2v) is 6.72. The monoisotopic (exact) mass is 268 g/mol. The van der Waals surface area contributed by atoms with Crippen LogP contribution in [0.4, 0.5) is 5.69 Å². The Kier molecular flexibility index (Phi) is 3.92. The molecule has 0 unspecified atom stereocenters. The van der Waals surface area contributed by atoms with Crippen molar-refractivity contribution in [3.63, 3.8) is 0 Å². The molecule has 0 aliphatic carbocycles. The molecule has 4 nitrogen and oxygen atoms in total. The minimum Gasteiger partial charge on any atom is -0.384 e. The average molecular weight is 268 g/mol. The topological polar surface area (TPSA) is 49.4 Å². The number of unbranched alkanes of at least 4 members (excludes halogenated alkanes) is 1. The first kappa shape index (κ1) is 13.4. The first-order valence-electron chi connectivity index (χ1n) is 6.39. The number of hydrogen-bond acceptors (Lipinski definition) is 3. The van der Waals surface area contributed by atoms with Crippen molar-refractivity contribution in [2.75, 3.05) is 25.5 Å². The van der Waals surface area contributed by atoms with Crippen LogP contribution in [-0.4, -0.2) is 32.9 Å². The number of benzene rings is 1. The molecule has 2 rings (SSSR count). The quantitative estimate of drug-likeness (QED) is 0.889. The van der Waals surface area contributed by atoms with Crippen molar-refractivity contribution in [1.82, 2.24) is 4.31 Å². The third-order valence-electron chi connectivity index (χ3n) is 3.33. The van der Waals surface area contributed by atoms with Crippen LogP contribution < -0.4 is 5.32 Å². The molecule has 1 aromatic rings. The van der Waals surface area contributed by atoms with Crippen molar-refractivity contribution >= 4 is 15.7 Å². The van der Waals surface area contributed by atoms with Crippen molar-refractivity contribution in [2.45, 2.75) is 31.1 Å². The van der Waals surface area contributed by atoms with Crippen LogP contribution in [0.3, 0.4) is 0 Å². The summed E-state index contributed by atoms with van der Waals surface area (Å²) in [5.41, 5.74) is 2.16. The summed E-state index contributed by atoms with van der Waals surface area (Å²) in [4.78, 5) is 0.384. The number of hydrogen-bond donors (Lipinski definition) is 1. The fourth-order valence-electron chi connectivity index (χ4n) is 2.11. The Morgan fingerprint density at radius 3 is 2.89 bits per heavy atom. The van der Waals surface area contributed by atoms with Gasteiger partial charge in [0.05, 0.1) is 4.90 Å². The van der Waals surface area contributed by atoms with Crippen LogP contribution in [0.1, 0.15) is 25.3 Å². The summed E-state index contributed by atoms with van der Waals surface area (Å²) in [5, 5.41) is 3.21. The SMILES string of the molecule is CCCCN(C)S(=O)(=O)c1ccc2c(c1)NCC2. The second-order valence-electron chi connectivity index (χ2n) is 4.68. The lowest BCUT2D eigenvalue weighted by atomic mass is 10.2. The van der Waals surface area contributed by atoms with Crippen LogP contribution in [0, 0.1) is 0 Å². The van der Waals surface area contributed by atoms with E-state index in [0.29, 0.717) is 11.4 Å². The summed E-state index contributed by atoms with van der Waals surface area (Å²) in [6.45, 7) is 3.52. The highest BCUT2D eigenvalue weighted by atomic mass is 32.2. The number of nitrogens with one attached hydrogen (secondary N) is 1. The van der Waals surface area contributed by atoms with Gasteiger partial charge in [-0.15, -0.1) is 0 Å². The maximum atomic E-state index is 12.3. The summed E-state index contributed by atoms with van der Waals surface area (Å²) >= 11 is 0. The van der Waals surface area contributed by atoms with E-state index in [1.807, 2.05) is 6.07 Å². The summed E-state index contributed by atoms with van der Waals surface area (Å²) in [7, 11) is -1.69. The molecule has 1 N–H and O–H groups in total. The normalized spacial score (nSPS) is 14.6. The Morgan fingerprint density at radius 2 is 2.17 bits per heavy atom. The zero-order valence-electron chi connectivity index (χ0n) is 10.9. The van der Waals surface area contributed by atoms with Crippen molar-refractivity contribution in [3.05, 3.63) is 23.8 Å². The minimum absolute atomic E-state index is 0.384. The predicted octanol–water partition coefficient (Wildman–Crippen LogP) is 2.08. The van der Waals surface area contributed by atoms with E-state index in [1.54, 1.807) is 19.2 Å². The number of nitrogens with zero attached hydrogens (tertiary/aromatic N) is 1. The summed E-state index contributed by atoms with van der Waals surface area (Å²) in [6, 6.07) is 5.37. The van der Waals surface area contributed by atoms with Gasteiger partial charge in [-0.05, 0) is 30.5 Å². The largest absolute Gasteiger partial charge is 0.384 e. The Bertz CT molecular complexity index is 526. The van der Waals surface area contributed by atoms with Gasteiger partial charge in [-0.25, -0.2) is 12.7 Å². The molecule has 1 heterocycles. The predicted molar refractivity (Wildman–Crippen MR) is 73.4 cm³/mol. The molecule has 0 spiro atoms. The highest BCUT2D eigenvalue weighted by molar-refractivity contribution is 7.89. The van der Waals surface area contributed by atoms with Gasteiger partial charge in [0.1, 0.15) is 0 Å². The first-order chi connectivity index (χ1) is 8.55. The van der Waals surface area contributed by atoms with Gasteiger partial charge in [0, 0.05) is 25.8 Å². The molecule has 0 atom stereocenters. The smallest absolute Gasteiger partial charge is 0.242 e. The zero-order valence-corrected chi connectivity index (χ0v) is 11.8. The van der Waals surface area contributed by atoms with Gasteiger partial charge in [-0.1, -0.05) is 19.4 Å². The molecule has 0 saturated carbocycles. The number of fused-ring (bicyclic) bond motifs is 1. The van der Waals surface area contributed by atoms with Crippen molar-refractivity contribution in [3.8, 4) is 0 Å². The Labute approximate surface area is 109 Å². The van der Waals surface area contributed by atoms with E-state index in [1.165, 1.54) is 9.87 Å².